The first-order valence-corrected chi connectivity index (χ1v) is 29.2. The van der Waals surface area contributed by atoms with Gasteiger partial charge >= 0.3 is 0 Å². The van der Waals surface area contributed by atoms with Gasteiger partial charge in [-0.3, -0.25) is 0 Å². The van der Waals surface area contributed by atoms with Crippen LogP contribution in [0, 0.1) is 0 Å². The molecule has 0 amide bonds. The van der Waals surface area contributed by atoms with Crippen molar-refractivity contribution >= 4 is 127 Å². The fraction of sp³-hybridized carbons (Fsp3) is 0.211. The Hall–Kier alpha value is -7.38. The second-order valence-electron chi connectivity index (χ2n) is 25.7. The highest BCUT2D eigenvalue weighted by Gasteiger charge is 2.49. The molecule has 0 spiro atoms. The van der Waals surface area contributed by atoms with Gasteiger partial charge in [0.2, 0.25) is 0 Å². The Kier molecular flexibility index (Phi) is 9.66. The highest BCUT2D eigenvalue weighted by Crippen LogP contribution is 2.62. The van der Waals surface area contributed by atoms with Crippen molar-refractivity contribution in [1.82, 2.24) is 0 Å². The molecule has 0 atom stereocenters. The summed E-state index contributed by atoms with van der Waals surface area (Å²) in [5.74, 6) is 0. The van der Waals surface area contributed by atoms with Crippen molar-refractivity contribution in [2.45, 2.75) is 97.8 Å². The SMILES string of the molecule is CC(C)(C)c1ccc(N(c2ccc(C(C)(C)C)cc2)c2ccc3c(c2)N(c2cccc4sc5ccccc5c24)c2cccc4c2B3c2sc3cc5c(c6c3c2N4c2ccc(C(C)(C)C)cc2-6)-c2ccccc2C5(C)C)cc1. The number of anilines is 9. The Morgan fingerprint density at radius 2 is 1.03 bits per heavy atom. The van der Waals surface area contributed by atoms with Crippen LogP contribution in [0.3, 0.4) is 0 Å². The van der Waals surface area contributed by atoms with Crippen LogP contribution in [0.5, 0.6) is 0 Å². The molecule has 2 aromatic heterocycles. The van der Waals surface area contributed by atoms with E-state index in [1.165, 1.54) is 130 Å². The normalized spacial score (nSPS) is 14.7. The van der Waals surface area contributed by atoms with Gasteiger partial charge in [0, 0.05) is 85.7 Å². The predicted molar refractivity (Wildman–Crippen MR) is 336 cm³/mol. The Balaban J connectivity index is 1.04. The topological polar surface area (TPSA) is 9.72 Å². The minimum atomic E-state index is -0.149. The van der Waals surface area contributed by atoms with Crippen LogP contribution in [0.2, 0.25) is 0 Å². The van der Waals surface area contributed by atoms with Crippen molar-refractivity contribution in [2.24, 2.45) is 0 Å². The molecule has 3 aliphatic heterocycles. The molecule has 15 rings (SSSR count). The van der Waals surface area contributed by atoms with E-state index in [1.807, 2.05) is 22.7 Å². The summed E-state index contributed by atoms with van der Waals surface area (Å²) in [6.45, 7) is 25.7. The molecule has 376 valence electrons. The number of fused-ring (bicyclic) bond motifs is 14. The maximum Gasteiger partial charge on any atom is 0.264 e. The third-order valence-electron chi connectivity index (χ3n) is 17.6. The zero-order chi connectivity index (χ0) is 52.8. The van der Waals surface area contributed by atoms with E-state index in [1.54, 1.807) is 0 Å². The van der Waals surface area contributed by atoms with Crippen LogP contribution in [-0.4, -0.2) is 6.71 Å². The lowest BCUT2D eigenvalue weighted by Gasteiger charge is -2.45. The average Bonchev–Trinajstić information content (AvgIpc) is 4.28. The van der Waals surface area contributed by atoms with E-state index in [0.717, 1.165) is 17.1 Å². The van der Waals surface area contributed by atoms with Crippen molar-refractivity contribution < 1.29 is 0 Å². The molecular weight excluding hydrogens is 970 g/mol. The van der Waals surface area contributed by atoms with Gasteiger partial charge in [-0.1, -0.05) is 167 Å². The van der Waals surface area contributed by atoms with Gasteiger partial charge in [0.25, 0.3) is 6.71 Å². The average molecular weight is 1030 g/mol. The van der Waals surface area contributed by atoms with Crippen molar-refractivity contribution in [1.29, 1.82) is 0 Å². The molecular formula is C71H62BN3S2. The zero-order valence-corrected chi connectivity index (χ0v) is 47.6. The van der Waals surface area contributed by atoms with E-state index in [2.05, 4.69) is 267 Å². The second-order valence-corrected chi connectivity index (χ2v) is 27.9. The van der Waals surface area contributed by atoms with Crippen molar-refractivity contribution in [3.63, 3.8) is 0 Å². The summed E-state index contributed by atoms with van der Waals surface area (Å²) < 4.78 is 5.39. The summed E-state index contributed by atoms with van der Waals surface area (Å²) >= 11 is 3.92. The number of hydrogen-bond acceptors (Lipinski definition) is 5. The lowest BCUT2D eigenvalue weighted by molar-refractivity contribution is 0.590. The highest BCUT2D eigenvalue weighted by atomic mass is 32.1. The molecule has 0 N–H and O–H groups in total. The summed E-state index contributed by atoms with van der Waals surface area (Å²) in [4.78, 5) is 7.80. The van der Waals surface area contributed by atoms with Gasteiger partial charge in [-0.25, -0.2) is 0 Å². The lowest BCUT2D eigenvalue weighted by Crippen LogP contribution is -2.60. The first kappa shape index (κ1) is 46.9. The fourth-order valence-corrected chi connectivity index (χ4v) is 16.1. The van der Waals surface area contributed by atoms with Crippen LogP contribution in [0.4, 0.5) is 51.2 Å². The predicted octanol–water partition coefficient (Wildman–Crippen LogP) is 19.0. The highest BCUT2D eigenvalue weighted by molar-refractivity contribution is 7.34. The zero-order valence-electron chi connectivity index (χ0n) is 46.0. The second kappa shape index (κ2) is 15.9. The Labute approximate surface area is 462 Å². The van der Waals surface area contributed by atoms with Crippen LogP contribution in [-0.2, 0) is 21.7 Å². The van der Waals surface area contributed by atoms with E-state index < -0.39 is 0 Å². The monoisotopic (exact) mass is 1030 g/mol. The van der Waals surface area contributed by atoms with E-state index in [-0.39, 0.29) is 28.4 Å². The molecule has 4 aliphatic rings. The Morgan fingerprint density at radius 3 is 1.73 bits per heavy atom. The maximum absolute atomic E-state index is 2.68. The first-order chi connectivity index (χ1) is 36.9. The molecule has 1 aliphatic carbocycles. The van der Waals surface area contributed by atoms with Crippen molar-refractivity contribution in [2.75, 3.05) is 14.7 Å². The summed E-state index contributed by atoms with van der Waals surface area (Å²) in [5, 5.41) is 3.99. The van der Waals surface area contributed by atoms with Gasteiger partial charge < -0.3 is 14.7 Å². The molecule has 0 saturated carbocycles. The Morgan fingerprint density at radius 1 is 0.429 bits per heavy atom. The summed E-state index contributed by atoms with van der Waals surface area (Å²) in [7, 11) is 0. The molecule has 5 heterocycles. The molecule has 0 saturated heterocycles. The number of hydrogen-bond donors (Lipinski definition) is 0. The van der Waals surface area contributed by atoms with Crippen LogP contribution >= 0.6 is 22.7 Å². The summed E-state index contributed by atoms with van der Waals surface area (Å²) in [6.07, 6.45) is 0. The molecule has 0 radical (unpaired) electrons. The molecule has 9 aromatic carbocycles. The van der Waals surface area contributed by atoms with Crippen molar-refractivity contribution in [3.05, 3.63) is 204 Å². The van der Waals surface area contributed by atoms with Gasteiger partial charge in [0.1, 0.15) is 0 Å². The number of thiophene rings is 2. The molecule has 6 heteroatoms. The third-order valence-corrected chi connectivity index (χ3v) is 20.0. The molecule has 3 nitrogen and oxygen atoms in total. The van der Waals surface area contributed by atoms with Gasteiger partial charge in [-0.15, -0.1) is 22.7 Å². The quantitative estimate of drug-likeness (QED) is 0.163. The molecule has 0 fully saturated rings. The van der Waals surface area contributed by atoms with Gasteiger partial charge in [0.15, 0.2) is 0 Å². The van der Waals surface area contributed by atoms with Crippen LogP contribution in [0.25, 0.3) is 52.5 Å². The molecule has 0 unspecified atom stereocenters. The first-order valence-electron chi connectivity index (χ1n) is 27.5. The van der Waals surface area contributed by atoms with Gasteiger partial charge in [0.05, 0.1) is 17.1 Å². The van der Waals surface area contributed by atoms with E-state index in [9.17, 15) is 0 Å². The fourth-order valence-electron chi connectivity index (χ4n) is 13.6. The number of nitrogens with zero attached hydrogens (tertiary/aromatic N) is 3. The van der Waals surface area contributed by atoms with Crippen molar-refractivity contribution in [3.8, 4) is 22.3 Å². The van der Waals surface area contributed by atoms with Gasteiger partial charge in [-0.2, -0.15) is 0 Å². The van der Waals surface area contributed by atoms with Crippen LogP contribution < -0.4 is 30.4 Å². The van der Waals surface area contributed by atoms with E-state index >= 15 is 0 Å². The molecule has 11 aromatic rings. The maximum atomic E-state index is 2.68. The standard InChI is InChI=1S/C71H62BN3S2/c1-68(2,3)41-26-31-44(32-27-41)73(45-33-28-42(29-34-45)69(4,5)6)46-35-36-52-57(39-46)74(54-21-17-25-59-62(54)48-19-13-15-24-58(48)76-59)55-22-16-23-56-65(55)72(52)67-66-64-60(77-67)40-51-61(47-18-12-14-20-50(47)71(51,10)11)63(64)49-38-43(70(7,8)9)30-37-53(49)75(56)66/h12-40H,1-11H3. The van der Waals surface area contributed by atoms with E-state index in [4.69, 9.17) is 0 Å². The number of rotatable bonds is 4. The van der Waals surface area contributed by atoms with Crippen LogP contribution in [0.15, 0.2) is 176 Å². The van der Waals surface area contributed by atoms with E-state index in [0.29, 0.717) is 0 Å². The largest absolute Gasteiger partial charge is 0.311 e. The Bertz CT molecular complexity index is 4270. The van der Waals surface area contributed by atoms with Gasteiger partial charge in [-0.05, 0) is 151 Å². The smallest absolute Gasteiger partial charge is 0.264 e. The van der Waals surface area contributed by atoms with Crippen LogP contribution in [0.1, 0.15) is 104 Å². The minimum absolute atomic E-state index is 0.00690. The number of benzene rings is 9. The summed E-state index contributed by atoms with van der Waals surface area (Å²) in [5.41, 5.74) is 25.9. The third kappa shape index (κ3) is 6.61. The minimum Gasteiger partial charge on any atom is -0.311 e. The molecule has 77 heavy (non-hydrogen) atoms. The lowest BCUT2D eigenvalue weighted by atomic mass is 9.36. The molecule has 0 bridgehead atoms. The summed E-state index contributed by atoms with van der Waals surface area (Å²) in [6, 6.07) is 68.3.